The van der Waals surface area contributed by atoms with Gasteiger partial charge < -0.3 is 19.3 Å². The van der Waals surface area contributed by atoms with E-state index in [2.05, 4.69) is 284 Å². The van der Waals surface area contributed by atoms with E-state index in [-0.39, 0.29) is 11.2 Å². The third kappa shape index (κ3) is 8.97. The number of anilines is 6. The minimum atomic E-state index is -0.310. The first-order chi connectivity index (χ1) is 38.9. The van der Waals surface area contributed by atoms with Crippen molar-refractivity contribution in [1.29, 1.82) is 0 Å². The second-order valence-corrected chi connectivity index (χ2v) is 23.6. The zero-order chi connectivity index (χ0) is 54.9. The maximum atomic E-state index is 6.36. The van der Waals surface area contributed by atoms with Crippen LogP contribution in [0.3, 0.4) is 0 Å². The molecule has 0 fully saturated rings. The van der Waals surface area contributed by atoms with Crippen molar-refractivity contribution < 1.29 is 9.47 Å². The van der Waals surface area contributed by atoms with Crippen molar-refractivity contribution in [2.75, 3.05) is 9.80 Å². The smallest absolute Gasteiger partial charge is 0.120 e. The molecule has 0 aliphatic rings. The maximum absolute atomic E-state index is 6.36. The molecule has 0 aliphatic heterocycles. The van der Waals surface area contributed by atoms with Gasteiger partial charge in [-0.05, 0) is 227 Å². The summed E-state index contributed by atoms with van der Waals surface area (Å²) in [5.74, 6) is 1.70. The highest BCUT2D eigenvalue weighted by molar-refractivity contribution is 6.47. The van der Waals surface area contributed by atoms with Crippen molar-refractivity contribution in [3.63, 3.8) is 0 Å². The lowest BCUT2D eigenvalue weighted by Gasteiger charge is -2.28. The Morgan fingerprint density at radius 2 is 0.613 bits per heavy atom. The van der Waals surface area contributed by atoms with E-state index in [4.69, 9.17) is 9.47 Å². The second-order valence-electron chi connectivity index (χ2n) is 23.6. The molecule has 0 aliphatic carbocycles. The molecule has 0 bridgehead atoms. The monoisotopic (exact) mass is 1040 g/mol. The van der Waals surface area contributed by atoms with Crippen molar-refractivity contribution >= 4 is 98.8 Å². The lowest BCUT2D eigenvalue weighted by atomic mass is 9.87. The number of hydrogen-bond acceptors (Lipinski definition) is 4. The topological polar surface area (TPSA) is 24.9 Å². The predicted octanol–water partition coefficient (Wildman–Crippen LogP) is 22.0. The highest BCUT2D eigenvalue weighted by atomic mass is 16.5. The van der Waals surface area contributed by atoms with Gasteiger partial charge in [-0.15, -0.1) is 0 Å². The zero-order valence-electron chi connectivity index (χ0n) is 47.3. The molecule has 0 aromatic heterocycles. The molecule has 0 spiro atoms. The highest BCUT2D eigenvalue weighted by Gasteiger charge is 2.30. The van der Waals surface area contributed by atoms with Gasteiger partial charge in [0, 0.05) is 33.5 Å². The molecular weight excluding hydrogens is 973 g/mol. The van der Waals surface area contributed by atoms with Crippen LogP contribution >= 0.6 is 0 Å². The molecule has 80 heavy (non-hydrogen) atoms. The van der Waals surface area contributed by atoms with Crippen molar-refractivity contribution in [1.82, 2.24) is 0 Å². The van der Waals surface area contributed by atoms with Gasteiger partial charge in [0.15, 0.2) is 0 Å². The standard InChI is InChI=1S/C76H68N2O2/c1-9-19-49-29-33-53(34-30-49)77(55-37-41-57(42-38-55)79-75(3,4)5)65-47-45-63-69-59(65)25-17-27-61(69)71-67(51-21-13-11-14-22-51)72-62-28-18-26-60-66(48-46-64(70(60)62)74(72)68(73(63)71)52-23-15-12-16-24-52)78(54-35-31-50(20-10-2)32-36-54)56-39-43-58(44-40-56)80-76(6,7)8/h11-18,21-48H,9-10,19-20H2,1-8H3. The Balaban J connectivity index is 1.11. The second kappa shape index (κ2) is 20.1. The van der Waals surface area contributed by atoms with Crippen LogP contribution < -0.4 is 19.3 Å². The normalized spacial score (nSPS) is 12.2. The largest absolute Gasteiger partial charge is 0.488 e. The number of aryl methyl sites for hydroxylation is 2. The van der Waals surface area contributed by atoms with Crippen LogP contribution in [0.4, 0.5) is 34.1 Å². The summed E-state index contributed by atoms with van der Waals surface area (Å²) < 4.78 is 12.7. The van der Waals surface area contributed by atoms with Crippen molar-refractivity contribution in [2.24, 2.45) is 0 Å². The molecule has 13 aromatic rings. The molecule has 4 heteroatoms. The van der Waals surface area contributed by atoms with Crippen LogP contribution in [0.2, 0.25) is 0 Å². The van der Waals surface area contributed by atoms with E-state index in [1.54, 1.807) is 0 Å². The molecule has 0 atom stereocenters. The molecule has 0 heterocycles. The first-order valence-corrected chi connectivity index (χ1v) is 28.7. The van der Waals surface area contributed by atoms with E-state index in [0.29, 0.717) is 0 Å². The summed E-state index contributed by atoms with van der Waals surface area (Å²) in [7, 11) is 0. The summed E-state index contributed by atoms with van der Waals surface area (Å²) in [4.78, 5) is 4.87. The van der Waals surface area contributed by atoms with E-state index in [0.717, 1.165) is 71.3 Å². The van der Waals surface area contributed by atoms with Crippen molar-refractivity contribution in [2.45, 2.75) is 92.3 Å². The van der Waals surface area contributed by atoms with Crippen LogP contribution in [0.25, 0.3) is 86.9 Å². The number of ether oxygens (including phenoxy) is 2. The summed E-state index contributed by atoms with van der Waals surface area (Å²) >= 11 is 0. The van der Waals surface area contributed by atoms with Crippen LogP contribution in [0.15, 0.2) is 218 Å². The molecule has 13 rings (SSSR count). The van der Waals surface area contributed by atoms with Crippen LogP contribution in [0.5, 0.6) is 11.5 Å². The van der Waals surface area contributed by atoms with Gasteiger partial charge in [-0.2, -0.15) is 0 Å². The Hall–Kier alpha value is -8.86. The van der Waals surface area contributed by atoms with E-state index < -0.39 is 0 Å². The van der Waals surface area contributed by atoms with Crippen molar-refractivity contribution in [3.05, 3.63) is 230 Å². The number of fused-ring (bicyclic) bond motifs is 6. The number of nitrogens with zero attached hydrogens (tertiary/aromatic N) is 2. The molecule has 0 unspecified atom stereocenters. The molecule has 0 saturated carbocycles. The third-order valence-corrected chi connectivity index (χ3v) is 15.7. The van der Waals surface area contributed by atoms with Gasteiger partial charge in [-0.25, -0.2) is 0 Å². The Morgan fingerprint density at radius 1 is 0.300 bits per heavy atom. The average molecular weight is 1040 g/mol. The number of hydrogen-bond donors (Lipinski definition) is 0. The lowest BCUT2D eigenvalue weighted by Crippen LogP contribution is -2.22. The molecule has 394 valence electrons. The fourth-order valence-electron chi connectivity index (χ4n) is 12.7. The van der Waals surface area contributed by atoms with Crippen LogP contribution in [-0.2, 0) is 12.8 Å². The Bertz CT molecular complexity index is 4000. The predicted molar refractivity (Wildman–Crippen MR) is 343 cm³/mol. The first kappa shape index (κ1) is 50.6. The maximum Gasteiger partial charge on any atom is 0.120 e. The Kier molecular flexibility index (Phi) is 12.7. The van der Waals surface area contributed by atoms with Gasteiger partial charge in [0.25, 0.3) is 0 Å². The molecule has 0 amide bonds. The van der Waals surface area contributed by atoms with Crippen LogP contribution in [0.1, 0.15) is 79.4 Å². The van der Waals surface area contributed by atoms with Gasteiger partial charge in [0.05, 0.1) is 11.4 Å². The summed E-state index contributed by atoms with van der Waals surface area (Å²) in [5, 5.41) is 15.1. The van der Waals surface area contributed by atoms with Crippen molar-refractivity contribution in [3.8, 4) is 33.8 Å². The van der Waals surface area contributed by atoms with Gasteiger partial charge in [0.2, 0.25) is 0 Å². The SMILES string of the molecule is CCCc1ccc(N(c2ccc(OC(C)(C)C)cc2)c2ccc3c4c(-c5ccccc5)c5c6ccc(N(c7ccc(CCC)cc7)c7ccc(OC(C)(C)C)cc7)c7cccc(c5c(-c5ccccc5)c4c4cccc2c43)c76)cc1. The summed E-state index contributed by atoms with van der Waals surface area (Å²) in [5.41, 5.74) is 13.6. The molecular formula is C76H68N2O2. The van der Waals surface area contributed by atoms with E-state index in [1.165, 1.54) is 98.0 Å². The summed E-state index contributed by atoms with van der Waals surface area (Å²) in [6.07, 6.45) is 4.30. The molecule has 4 nitrogen and oxygen atoms in total. The molecule has 0 saturated heterocycles. The van der Waals surface area contributed by atoms with Gasteiger partial charge in [0.1, 0.15) is 22.7 Å². The molecule has 0 N–H and O–H groups in total. The van der Waals surface area contributed by atoms with E-state index in [1.807, 2.05) is 0 Å². The van der Waals surface area contributed by atoms with Gasteiger partial charge >= 0.3 is 0 Å². The van der Waals surface area contributed by atoms with E-state index >= 15 is 0 Å². The quantitative estimate of drug-likeness (QED) is 0.108. The minimum absolute atomic E-state index is 0.310. The van der Waals surface area contributed by atoms with Crippen LogP contribution in [0, 0.1) is 0 Å². The summed E-state index contributed by atoms with van der Waals surface area (Å²) in [6.45, 7) is 17.1. The first-order valence-electron chi connectivity index (χ1n) is 28.7. The molecule has 0 radical (unpaired) electrons. The number of benzene rings is 11. The van der Waals surface area contributed by atoms with Crippen LogP contribution in [-0.4, -0.2) is 11.2 Å². The highest BCUT2D eigenvalue weighted by Crippen LogP contribution is 2.58. The Morgan fingerprint density at radius 3 is 0.938 bits per heavy atom. The average Bonchev–Trinajstić information content (AvgIpc) is 4.20. The lowest BCUT2D eigenvalue weighted by molar-refractivity contribution is 0.130. The van der Waals surface area contributed by atoms with E-state index in [9.17, 15) is 0 Å². The minimum Gasteiger partial charge on any atom is -0.488 e. The summed E-state index contributed by atoms with van der Waals surface area (Å²) in [6, 6.07) is 81.5. The third-order valence-electron chi connectivity index (χ3n) is 15.7. The van der Waals surface area contributed by atoms with Gasteiger partial charge in [-0.1, -0.05) is 160 Å². The molecule has 13 aromatic carbocycles. The fraction of sp³-hybridized carbons (Fsp3) is 0.184. The number of rotatable bonds is 14. The zero-order valence-corrected chi connectivity index (χ0v) is 47.3. The Labute approximate surface area is 471 Å². The fourth-order valence-corrected chi connectivity index (χ4v) is 12.7. The van der Waals surface area contributed by atoms with Gasteiger partial charge in [-0.3, -0.25) is 0 Å².